The summed E-state index contributed by atoms with van der Waals surface area (Å²) in [5.41, 5.74) is 14.8. The van der Waals surface area contributed by atoms with Crippen LogP contribution in [0.25, 0.3) is 10.4 Å². The van der Waals surface area contributed by atoms with Crippen LogP contribution in [0.5, 0.6) is 0 Å². The second kappa shape index (κ2) is 48.0. The van der Waals surface area contributed by atoms with Crippen molar-refractivity contribution < 1.29 is 19.8 Å². The molecule has 0 spiro atoms. The van der Waals surface area contributed by atoms with Crippen LogP contribution in [0.2, 0.25) is 0 Å². The predicted molar refractivity (Wildman–Crippen MR) is 308 cm³/mol. The Hall–Kier alpha value is 3.31. The maximum atomic E-state index is 10.4. The molecule has 8 nitrogen and oxygen atoms in total. The summed E-state index contributed by atoms with van der Waals surface area (Å²) in [4.78, 5) is 23.2. The molecule has 39 heteroatoms. The van der Waals surface area contributed by atoms with Crippen LogP contribution < -0.4 is 5.73 Å². The fraction of sp³-hybridized carbons (Fsp3) is 0. The highest BCUT2D eigenvalue weighted by Gasteiger charge is 2.00. The zero-order valence-electron chi connectivity index (χ0n) is 23.9. The number of carboxylic acid groups (broad SMARTS) is 2. The van der Waals surface area contributed by atoms with Gasteiger partial charge in [0, 0.05) is 301 Å². The van der Waals surface area contributed by atoms with E-state index < -0.39 is 11.9 Å². The van der Waals surface area contributed by atoms with Gasteiger partial charge in [0.2, 0.25) is 0 Å². The maximum absolute atomic E-state index is 10.4. The number of azide groups is 1. The first-order valence-electron chi connectivity index (χ1n) is 10.7. The first kappa shape index (κ1) is 58.4. The first-order chi connectivity index (χ1) is 25.8. The van der Waals surface area contributed by atoms with Crippen LogP contribution in [0.15, 0.2) is 53.6 Å². The van der Waals surface area contributed by atoms with Gasteiger partial charge in [0.05, 0.1) is 11.1 Å². The highest BCUT2D eigenvalue weighted by atomic mass is 33.5. The zero-order chi connectivity index (χ0) is 39.6. The Morgan fingerprint density at radius 3 is 0.906 bits per heavy atom. The fourth-order valence-corrected chi connectivity index (χ4v) is 64.7. The molecule has 4 N–H and O–H groups in total. The number of rotatable bonds is 3. The number of nitrogens with zero attached hydrogens (tertiary/aromatic N) is 3. The molecule has 298 valence electrons. The molecule has 0 bridgehead atoms. The number of hydrogen-bond donors (Lipinski definition) is 3. The van der Waals surface area contributed by atoms with Crippen molar-refractivity contribution in [3.8, 4) is 0 Å². The van der Waals surface area contributed by atoms with Gasteiger partial charge in [-0.3, -0.25) is 0 Å². The Morgan fingerprint density at radius 1 is 0.472 bits per heavy atom. The minimum absolute atomic E-state index is 0.173. The summed E-state index contributed by atoms with van der Waals surface area (Å²) in [7, 11) is 45.3. The Morgan fingerprint density at radius 2 is 0.698 bits per heavy atom. The number of aromatic carboxylic acids is 2. The van der Waals surface area contributed by atoms with Gasteiger partial charge in [-0.05, 0) is 41.9 Å². The van der Waals surface area contributed by atoms with E-state index in [1.54, 1.807) is 216 Å². The third kappa shape index (κ3) is 44.7. The lowest BCUT2D eigenvalue weighted by Gasteiger charge is -1.93. The molecule has 0 heterocycles. The van der Waals surface area contributed by atoms with E-state index in [1.807, 2.05) is 0 Å². The van der Waals surface area contributed by atoms with E-state index in [0.29, 0.717) is 11.4 Å². The number of nitrogens with two attached hydrogens (primary N) is 1. The van der Waals surface area contributed by atoms with E-state index in [2.05, 4.69) is 10.0 Å². The van der Waals surface area contributed by atoms with Gasteiger partial charge in [-0.15, -0.1) is 0 Å². The molecule has 0 radical (unpaired) electrons. The van der Waals surface area contributed by atoms with Gasteiger partial charge in [-0.25, -0.2) is 9.59 Å². The number of carbonyl (C=O) groups is 2. The Labute approximate surface area is 400 Å². The van der Waals surface area contributed by atoms with Crippen molar-refractivity contribution in [3.63, 3.8) is 0 Å². The summed E-state index contributed by atoms with van der Waals surface area (Å²) < 4.78 is 0. The summed E-state index contributed by atoms with van der Waals surface area (Å²) in [6.45, 7) is 0. The Kier molecular flexibility index (Phi) is 52.9. The number of nitrogen functional groups attached to an aromatic ring is 1. The van der Waals surface area contributed by atoms with Gasteiger partial charge in [0.1, 0.15) is 0 Å². The molecule has 0 saturated carbocycles. The standard InChI is InChI=1S/C7H5N3O2.C7H7NO2.S16.S15/c8-10-9-6-3-1-5(2-4-6)7(11)12;8-6-3-1-5(2-4-6)7(9)10;1-3-5-7-9-11-13-15-16-14-12-10-8-6-4-2;1-3-5-7-9-11-13-15-14-12-10-8-6-4-2/h1-4H,(H,11,12);1-4H,8H2,(H,9,10);;. The van der Waals surface area contributed by atoms with Crippen LogP contribution in [0.1, 0.15) is 20.7 Å². The number of anilines is 1. The van der Waals surface area contributed by atoms with Crippen LogP contribution in [0.3, 0.4) is 0 Å². The van der Waals surface area contributed by atoms with Crippen molar-refractivity contribution in [2.75, 3.05) is 5.73 Å². The Bertz CT molecular complexity index is 2690. The number of carboxylic acids is 2. The molecule has 0 aliphatic carbocycles. The average molecular weight is 1290 g/mol. The van der Waals surface area contributed by atoms with E-state index in [9.17, 15) is 9.59 Å². The van der Waals surface area contributed by atoms with E-state index in [4.69, 9.17) is 66.2 Å². The lowest BCUT2D eigenvalue weighted by atomic mass is 10.2. The molecule has 2 aromatic carbocycles. The summed E-state index contributed by atoms with van der Waals surface area (Å²) >= 11 is 18.9. The fourth-order valence-electron chi connectivity index (χ4n) is 1.61. The van der Waals surface area contributed by atoms with E-state index in [-0.39, 0.29) is 11.1 Å². The second-order valence-electron chi connectivity index (χ2n) is 5.81. The molecule has 0 aliphatic heterocycles. The third-order valence-corrected chi connectivity index (χ3v) is 58.7. The molecule has 0 aromatic heterocycles. The normalized spacial score (nSPS) is 7.92. The molecule has 0 atom stereocenters. The van der Waals surface area contributed by atoms with Crippen LogP contribution in [-0.2, 0) is 285 Å². The zero-order valence-corrected chi connectivity index (χ0v) is 49.2. The lowest BCUT2D eigenvalue weighted by Crippen LogP contribution is -1.95. The quantitative estimate of drug-likeness (QED) is 0.183. The molecule has 53 heavy (non-hydrogen) atoms. The van der Waals surface area contributed by atoms with Gasteiger partial charge in [-0.2, -0.15) is 0 Å². The summed E-state index contributed by atoms with van der Waals surface area (Å²) in [5.74, 6) is -1.93. The minimum Gasteiger partial charge on any atom is -0.478 e. The van der Waals surface area contributed by atoms with Crippen molar-refractivity contribution >= 4 is 308 Å². The minimum atomic E-state index is -0.998. The number of benzene rings is 2. The van der Waals surface area contributed by atoms with Crippen molar-refractivity contribution in [3.05, 3.63) is 70.1 Å². The molecule has 2 aromatic rings. The molecule has 0 fully saturated rings. The highest BCUT2D eigenvalue weighted by Crippen LogP contribution is 2.12. The summed E-state index contributed by atoms with van der Waals surface area (Å²) in [6, 6.07) is 11.7. The number of hydrogen-bond acceptors (Lipinski definition) is 8. The van der Waals surface area contributed by atoms with Gasteiger partial charge in [-0.1, -0.05) is 17.2 Å². The van der Waals surface area contributed by atoms with E-state index in [1.165, 1.54) is 71.9 Å². The summed E-state index contributed by atoms with van der Waals surface area (Å²) in [5, 5.41) is 20.2. The molecule has 0 unspecified atom stereocenters. The van der Waals surface area contributed by atoms with Crippen molar-refractivity contribution in [2.45, 2.75) is 0 Å². The lowest BCUT2D eigenvalue weighted by molar-refractivity contribution is 0.0686. The van der Waals surface area contributed by atoms with Crippen molar-refractivity contribution in [1.29, 1.82) is 0 Å². The first-order valence-corrected chi connectivity index (χ1v) is 49.4. The Balaban J connectivity index is 0. The van der Waals surface area contributed by atoms with Crippen molar-refractivity contribution in [2.24, 2.45) is 5.11 Å². The van der Waals surface area contributed by atoms with Gasteiger partial charge in [0.25, 0.3) is 0 Å². The molecule has 0 saturated heterocycles. The maximum Gasteiger partial charge on any atom is 0.335 e. The van der Waals surface area contributed by atoms with Crippen LogP contribution in [-0.4, -0.2) is 22.2 Å². The molecule has 0 aliphatic rings. The molecular formula is C14H12N4O4S31. The largest absolute Gasteiger partial charge is 0.478 e. The van der Waals surface area contributed by atoms with Crippen LogP contribution in [0, 0.1) is 0 Å². The van der Waals surface area contributed by atoms with Crippen molar-refractivity contribution in [1.82, 2.24) is 0 Å². The van der Waals surface area contributed by atoms with Crippen LogP contribution in [0.4, 0.5) is 11.4 Å². The highest BCUT2D eigenvalue weighted by molar-refractivity contribution is 8.78. The predicted octanol–water partition coefficient (Wildman–Crippen LogP) is 3.22. The van der Waals surface area contributed by atoms with Gasteiger partial charge < -0.3 is 15.9 Å². The van der Waals surface area contributed by atoms with Gasteiger partial charge in [0.15, 0.2) is 0 Å². The van der Waals surface area contributed by atoms with E-state index in [0.717, 1.165) is 0 Å². The van der Waals surface area contributed by atoms with Gasteiger partial charge >= 0.3 is 11.9 Å². The van der Waals surface area contributed by atoms with E-state index >= 15 is 0 Å². The third-order valence-electron chi connectivity index (χ3n) is 3.13. The molecule has 2 rings (SSSR count). The second-order valence-corrected chi connectivity index (χ2v) is 53.6. The van der Waals surface area contributed by atoms with Crippen LogP contribution >= 0.6 is 0 Å². The monoisotopic (exact) mass is 1290 g/mol. The average Bonchev–Trinajstić information content (AvgIpc) is 3.16. The molecule has 0 amide bonds. The molecular weight excluding hydrogens is 1280 g/mol. The SMILES string of the molecule is Nc1ccc(C(=O)O)cc1.S=S=S=S=S=S=S=S=S=S=S=S=S=S=S.S=S=S=S=S=S=S=S=S=S=S=S=S=S=S=S.[N-]=[N+]=Nc1ccc(C(=O)O)cc1. The smallest absolute Gasteiger partial charge is 0.335 e. The topological polar surface area (TPSA) is 149 Å². The summed E-state index contributed by atoms with van der Waals surface area (Å²) in [6.07, 6.45) is 0.